The Morgan fingerprint density at radius 2 is 1.65 bits per heavy atom. The van der Waals surface area contributed by atoms with Gasteiger partial charge in [0.05, 0.1) is 0 Å². The molecule has 2 aliphatic heterocycles. The Morgan fingerprint density at radius 1 is 0.968 bits per heavy atom. The molecule has 1 amide bonds. The van der Waals surface area contributed by atoms with E-state index in [0.717, 1.165) is 49.5 Å². The zero-order valence-corrected chi connectivity index (χ0v) is 19.0. The molecule has 2 saturated heterocycles. The SMILES string of the molecule is CCCN1C(=O)[C@@H](Cc2ccccc2)CC(=O)C12CCN(Cc1ccc(Cl)cc1)CC2. The highest BCUT2D eigenvalue weighted by Crippen LogP contribution is 2.38. The molecule has 2 aliphatic rings. The Kier molecular flexibility index (Phi) is 6.78. The third-order valence-electron chi connectivity index (χ3n) is 6.86. The molecule has 31 heavy (non-hydrogen) atoms. The van der Waals surface area contributed by atoms with Crippen LogP contribution in [-0.2, 0) is 22.6 Å². The molecule has 4 nitrogen and oxygen atoms in total. The van der Waals surface area contributed by atoms with Crippen LogP contribution in [-0.4, -0.2) is 46.7 Å². The molecule has 0 aromatic heterocycles. The van der Waals surface area contributed by atoms with Gasteiger partial charge in [-0.15, -0.1) is 0 Å². The first kappa shape index (κ1) is 22.0. The number of amides is 1. The molecular weight excluding hydrogens is 408 g/mol. The average molecular weight is 439 g/mol. The quantitative estimate of drug-likeness (QED) is 0.653. The van der Waals surface area contributed by atoms with Crippen molar-refractivity contribution in [1.29, 1.82) is 0 Å². The molecule has 2 fully saturated rings. The topological polar surface area (TPSA) is 40.6 Å². The Balaban J connectivity index is 1.46. The number of hydrogen-bond acceptors (Lipinski definition) is 3. The zero-order chi connectivity index (χ0) is 21.8. The van der Waals surface area contributed by atoms with Gasteiger partial charge in [-0.3, -0.25) is 14.5 Å². The number of benzene rings is 2. The summed E-state index contributed by atoms with van der Waals surface area (Å²) in [5, 5.41) is 0.743. The summed E-state index contributed by atoms with van der Waals surface area (Å²) in [5.41, 5.74) is 1.73. The summed E-state index contributed by atoms with van der Waals surface area (Å²) in [6.07, 6.45) is 3.33. The molecule has 5 heteroatoms. The van der Waals surface area contributed by atoms with Crippen LogP contribution in [0, 0.1) is 5.92 Å². The maximum atomic E-state index is 13.5. The number of ketones is 1. The van der Waals surface area contributed by atoms with E-state index in [1.54, 1.807) is 0 Å². The molecule has 0 radical (unpaired) electrons. The van der Waals surface area contributed by atoms with Crippen molar-refractivity contribution in [2.75, 3.05) is 19.6 Å². The van der Waals surface area contributed by atoms with Crippen LogP contribution in [0.25, 0.3) is 0 Å². The Labute approximate surface area is 190 Å². The molecule has 2 heterocycles. The molecule has 0 aliphatic carbocycles. The maximum absolute atomic E-state index is 13.5. The summed E-state index contributed by atoms with van der Waals surface area (Å²) in [4.78, 5) is 31.3. The average Bonchev–Trinajstić information content (AvgIpc) is 2.79. The van der Waals surface area contributed by atoms with Gasteiger partial charge in [-0.2, -0.15) is 0 Å². The smallest absolute Gasteiger partial charge is 0.227 e. The van der Waals surface area contributed by atoms with Crippen LogP contribution in [0.2, 0.25) is 5.02 Å². The van der Waals surface area contributed by atoms with Crippen LogP contribution in [0.4, 0.5) is 0 Å². The summed E-state index contributed by atoms with van der Waals surface area (Å²) in [5.74, 6) is 0.184. The van der Waals surface area contributed by atoms with Gasteiger partial charge in [0.15, 0.2) is 5.78 Å². The van der Waals surface area contributed by atoms with Crippen LogP contribution in [0.3, 0.4) is 0 Å². The van der Waals surface area contributed by atoms with Gasteiger partial charge < -0.3 is 4.90 Å². The number of likely N-dealkylation sites (tertiary alicyclic amines) is 2. The van der Waals surface area contributed by atoms with Crippen molar-refractivity contribution in [2.45, 2.75) is 51.1 Å². The normalized spacial score (nSPS) is 21.6. The van der Waals surface area contributed by atoms with Crippen LogP contribution >= 0.6 is 11.6 Å². The molecule has 0 bridgehead atoms. The summed E-state index contributed by atoms with van der Waals surface area (Å²) in [6.45, 7) is 5.24. The van der Waals surface area contributed by atoms with E-state index in [1.165, 1.54) is 5.56 Å². The summed E-state index contributed by atoms with van der Waals surface area (Å²) < 4.78 is 0. The zero-order valence-electron chi connectivity index (χ0n) is 18.2. The minimum absolute atomic E-state index is 0.163. The van der Waals surface area contributed by atoms with E-state index in [4.69, 9.17) is 11.6 Å². The molecule has 2 aromatic rings. The standard InChI is InChI=1S/C26H31ClN2O2/c1-2-14-29-25(31)22(17-20-6-4-3-5-7-20)18-24(30)26(29)12-15-28(16-13-26)19-21-8-10-23(27)11-9-21/h3-11,22H,2,12-19H2,1H3/t22-/m0/s1. The molecule has 1 spiro atoms. The number of hydrogen-bond donors (Lipinski definition) is 0. The summed E-state index contributed by atoms with van der Waals surface area (Å²) in [7, 11) is 0. The van der Waals surface area contributed by atoms with E-state index in [0.29, 0.717) is 19.4 Å². The predicted molar refractivity (Wildman–Crippen MR) is 124 cm³/mol. The van der Waals surface area contributed by atoms with Crippen LogP contribution in [0.1, 0.15) is 43.7 Å². The molecule has 164 valence electrons. The molecule has 0 unspecified atom stereocenters. The Hall–Kier alpha value is -2.17. The third kappa shape index (κ3) is 4.70. The van der Waals surface area contributed by atoms with Gasteiger partial charge in [0.2, 0.25) is 5.91 Å². The molecule has 1 atom stereocenters. The van der Waals surface area contributed by atoms with Crippen molar-refractivity contribution >= 4 is 23.3 Å². The fraction of sp³-hybridized carbons (Fsp3) is 0.462. The summed E-state index contributed by atoms with van der Waals surface area (Å²) in [6, 6.07) is 18.0. The first-order valence-electron chi connectivity index (χ1n) is 11.4. The van der Waals surface area contributed by atoms with Gasteiger partial charge in [-0.05, 0) is 48.9 Å². The van der Waals surface area contributed by atoms with Gasteiger partial charge in [-0.25, -0.2) is 0 Å². The molecular formula is C26H31ClN2O2. The fourth-order valence-electron chi connectivity index (χ4n) is 5.17. The largest absolute Gasteiger partial charge is 0.330 e. The van der Waals surface area contributed by atoms with Crippen LogP contribution in [0.5, 0.6) is 0 Å². The minimum Gasteiger partial charge on any atom is -0.330 e. The fourth-order valence-corrected chi connectivity index (χ4v) is 5.29. The van der Waals surface area contributed by atoms with Crippen LogP contribution < -0.4 is 0 Å². The number of Topliss-reactive ketones (excluding diaryl/α,β-unsaturated/α-hetero) is 1. The first-order valence-corrected chi connectivity index (χ1v) is 11.7. The Morgan fingerprint density at radius 3 is 2.29 bits per heavy atom. The van der Waals surface area contributed by atoms with Gasteiger partial charge in [0, 0.05) is 43.5 Å². The van der Waals surface area contributed by atoms with Crippen molar-refractivity contribution in [3.8, 4) is 0 Å². The third-order valence-corrected chi connectivity index (χ3v) is 7.11. The van der Waals surface area contributed by atoms with E-state index in [-0.39, 0.29) is 17.6 Å². The highest BCUT2D eigenvalue weighted by molar-refractivity contribution is 6.30. The second-order valence-corrected chi connectivity index (χ2v) is 9.37. The van der Waals surface area contributed by atoms with Crippen molar-refractivity contribution in [1.82, 2.24) is 9.80 Å². The minimum atomic E-state index is -0.614. The lowest BCUT2D eigenvalue weighted by Crippen LogP contribution is -2.66. The van der Waals surface area contributed by atoms with E-state index in [2.05, 4.69) is 24.0 Å². The van der Waals surface area contributed by atoms with Gasteiger partial charge in [0.1, 0.15) is 5.54 Å². The summed E-state index contributed by atoms with van der Waals surface area (Å²) >= 11 is 6.00. The monoisotopic (exact) mass is 438 g/mol. The van der Waals surface area contributed by atoms with E-state index in [9.17, 15) is 9.59 Å². The van der Waals surface area contributed by atoms with Crippen molar-refractivity contribution in [3.63, 3.8) is 0 Å². The number of rotatable bonds is 6. The van der Waals surface area contributed by atoms with Gasteiger partial charge >= 0.3 is 0 Å². The predicted octanol–water partition coefficient (Wildman–Crippen LogP) is 4.74. The highest BCUT2D eigenvalue weighted by Gasteiger charge is 2.52. The lowest BCUT2D eigenvalue weighted by molar-refractivity contribution is -0.161. The second-order valence-electron chi connectivity index (χ2n) is 8.94. The van der Waals surface area contributed by atoms with E-state index < -0.39 is 5.54 Å². The van der Waals surface area contributed by atoms with Crippen molar-refractivity contribution in [3.05, 3.63) is 70.7 Å². The molecule has 0 N–H and O–H groups in total. The molecule has 4 rings (SSSR count). The van der Waals surface area contributed by atoms with Crippen LogP contribution in [0.15, 0.2) is 54.6 Å². The number of piperidine rings is 2. The number of halogens is 1. The van der Waals surface area contributed by atoms with E-state index >= 15 is 0 Å². The van der Waals surface area contributed by atoms with Crippen molar-refractivity contribution in [2.24, 2.45) is 5.92 Å². The van der Waals surface area contributed by atoms with Gasteiger partial charge in [0.25, 0.3) is 0 Å². The Bertz CT molecular complexity index is 905. The number of carbonyl (C=O) groups excluding carboxylic acids is 2. The lowest BCUT2D eigenvalue weighted by atomic mass is 9.73. The van der Waals surface area contributed by atoms with E-state index in [1.807, 2.05) is 47.4 Å². The first-order chi connectivity index (χ1) is 15.0. The van der Waals surface area contributed by atoms with Gasteiger partial charge in [-0.1, -0.05) is 61.0 Å². The number of nitrogens with zero attached hydrogens (tertiary/aromatic N) is 2. The van der Waals surface area contributed by atoms with Crippen molar-refractivity contribution < 1.29 is 9.59 Å². The lowest BCUT2D eigenvalue weighted by Gasteiger charge is -2.51. The highest BCUT2D eigenvalue weighted by atomic mass is 35.5. The second kappa shape index (κ2) is 9.54. The maximum Gasteiger partial charge on any atom is 0.227 e. The molecule has 2 aromatic carbocycles. The number of carbonyl (C=O) groups is 2. The molecule has 0 saturated carbocycles.